The van der Waals surface area contributed by atoms with Gasteiger partial charge < -0.3 is 15.6 Å². The van der Waals surface area contributed by atoms with Gasteiger partial charge in [-0.25, -0.2) is 13.4 Å². The predicted octanol–water partition coefficient (Wildman–Crippen LogP) is 4.38. The Morgan fingerprint density at radius 3 is 2.50 bits per heavy atom. The molecule has 1 aliphatic heterocycles. The molecular weight excluding hydrogens is 474 g/mol. The van der Waals surface area contributed by atoms with Crippen LogP contribution in [-0.4, -0.2) is 41.7 Å². The van der Waals surface area contributed by atoms with Gasteiger partial charge in [0.05, 0.1) is 21.2 Å². The number of benzene rings is 1. The van der Waals surface area contributed by atoms with E-state index in [0.29, 0.717) is 33.8 Å². The number of rotatable bonds is 6. The second-order valence-corrected chi connectivity index (χ2v) is 11.9. The zero-order valence-electron chi connectivity index (χ0n) is 20.3. The highest BCUT2D eigenvalue weighted by atomic mass is 32.2. The molecule has 1 saturated heterocycles. The van der Waals surface area contributed by atoms with Gasteiger partial charge in [0.25, 0.3) is 5.56 Å². The minimum Gasteiger partial charge on any atom is -0.340 e. The van der Waals surface area contributed by atoms with Crippen LogP contribution in [0.15, 0.2) is 70.7 Å². The number of aromatic amines is 1. The Morgan fingerprint density at radius 2 is 1.78 bits per heavy atom. The molecule has 0 bridgehead atoms. The molecule has 36 heavy (non-hydrogen) atoms. The van der Waals surface area contributed by atoms with Gasteiger partial charge in [0.2, 0.25) is 0 Å². The first-order chi connectivity index (χ1) is 17.3. The third-order valence-corrected chi connectivity index (χ3v) is 8.82. The lowest BCUT2D eigenvalue weighted by atomic mass is 9.90. The average Bonchev–Trinajstić information content (AvgIpc) is 2.89. The molecule has 0 amide bonds. The van der Waals surface area contributed by atoms with Gasteiger partial charge in [-0.3, -0.25) is 9.78 Å². The van der Waals surface area contributed by atoms with Crippen LogP contribution in [0.2, 0.25) is 0 Å². The molecule has 186 valence electrons. The monoisotopic (exact) mass is 503 g/mol. The molecule has 3 aromatic heterocycles. The fourth-order valence-corrected chi connectivity index (χ4v) is 5.61. The lowest BCUT2D eigenvalue weighted by molar-refractivity contribution is 0.460. The van der Waals surface area contributed by atoms with Crippen molar-refractivity contribution in [3.05, 3.63) is 77.0 Å². The number of aromatic nitrogens is 3. The third kappa shape index (κ3) is 4.76. The molecule has 0 radical (unpaired) electrons. The summed E-state index contributed by atoms with van der Waals surface area (Å²) in [5.41, 5.74) is 2.95. The van der Waals surface area contributed by atoms with E-state index in [1.807, 2.05) is 12.1 Å². The summed E-state index contributed by atoms with van der Waals surface area (Å²) in [4.78, 5) is 24.5. The van der Waals surface area contributed by atoms with Crippen molar-refractivity contribution in [3.63, 3.8) is 0 Å². The van der Waals surface area contributed by atoms with Gasteiger partial charge in [0, 0.05) is 29.8 Å². The first-order valence-electron chi connectivity index (χ1n) is 12.1. The average molecular weight is 504 g/mol. The fourth-order valence-electron chi connectivity index (χ4n) is 4.57. The van der Waals surface area contributed by atoms with Crippen molar-refractivity contribution in [2.45, 2.75) is 42.8 Å². The van der Waals surface area contributed by atoms with E-state index in [1.165, 1.54) is 11.8 Å². The number of sulfone groups is 1. The molecule has 0 spiro atoms. The quantitative estimate of drug-likeness (QED) is 0.357. The highest BCUT2D eigenvalue weighted by Gasteiger charge is 2.21. The zero-order valence-corrected chi connectivity index (χ0v) is 21.1. The Labute approximate surface area is 210 Å². The first kappa shape index (κ1) is 24.1. The molecule has 0 aliphatic carbocycles. The van der Waals surface area contributed by atoms with Crippen molar-refractivity contribution in [3.8, 4) is 11.3 Å². The minimum atomic E-state index is -3.49. The van der Waals surface area contributed by atoms with Crippen LogP contribution in [0.25, 0.3) is 22.0 Å². The highest BCUT2D eigenvalue weighted by Crippen LogP contribution is 2.30. The van der Waals surface area contributed by atoms with Crippen LogP contribution in [0, 0.1) is 0 Å². The fraction of sp³-hybridized carbons (Fsp3) is 0.296. The summed E-state index contributed by atoms with van der Waals surface area (Å²) in [6.07, 6.45) is 6.77. The van der Waals surface area contributed by atoms with Gasteiger partial charge in [-0.15, -0.1) is 0 Å². The summed E-state index contributed by atoms with van der Waals surface area (Å²) in [7, 11) is -3.49. The summed E-state index contributed by atoms with van der Waals surface area (Å²) in [6.45, 7) is 5.34. The standard InChI is InChI=1S/C27H29N5O3S/c1-17(2)36(34,35)23-13-21(15-29-16-23)24-14-20-9-12-30-27(33)25(20)26(32-24)31-22-5-3-18(4-6-22)19-7-10-28-11-8-19/h3-6,9,12-17,19,28H,7-8,10-11H2,1-2H3,(H,30,33)(H,31,32). The van der Waals surface area contributed by atoms with Gasteiger partial charge in [-0.05, 0) is 87.0 Å². The summed E-state index contributed by atoms with van der Waals surface area (Å²) < 4.78 is 25.4. The normalized spacial score (nSPS) is 14.9. The van der Waals surface area contributed by atoms with Crippen molar-refractivity contribution < 1.29 is 8.42 Å². The largest absolute Gasteiger partial charge is 0.340 e. The number of nitrogens with zero attached hydrogens (tertiary/aromatic N) is 2. The van der Waals surface area contributed by atoms with Crippen molar-refractivity contribution in [1.29, 1.82) is 0 Å². The number of anilines is 2. The summed E-state index contributed by atoms with van der Waals surface area (Å²) in [5.74, 6) is 0.948. The summed E-state index contributed by atoms with van der Waals surface area (Å²) >= 11 is 0. The Hall–Kier alpha value is -3.56. The van der Waals surface area contributed by atoms with Gasteiger partial charge in [-0.2, -0.15) is 0 Å². The van der Waals surface area contributed by atoms with Gasteiger partial charge in [-0.1, -0.05) is 12.1 Å². The second kappa shape index (κ2) is 9.83. The number of H-pyrrole nitrogens is 1. The van der Waals surface area contributed by atoms with Crippen LogP contribution < -0.4 is 16.2 Å². The van der Waals surface area contributed by atoms with E-state index < -0.39 is 15.1 Å². The Morgan fingerprint density at radius 1 is 1.03 bits per heavy atom. The lowest BCUT2D eigenvalue weighted by Gasteiger charge is -2.23. The molecule has 3 N–H and O–H groups in total. The predicted molar refractivity (Wildman–Crippen MR) is 142 cm³/mol. The molecule has 0 unspecified atom stereocenters. The Bertz CT molecular complexity index is 1560. The van der Waals surface area contributed by atoms with Crippen LogP contribution in [0.1, 0.15) is 38.2 Å². The molecule has 0 saturated carbocycles. The van der Waals surface area contributed by atoms with Gasteiger partial charge in [0.15, 0.2) is 9.84 Å². The number of fused-ring (bicyclic) bond motifs is 1. The molecule has 1 aliphatic rings. The maximum absolute atomic E-state index is 12.7. The second-order valence-electron chi connectivity index (χ2n) is 9.40. The van der Waals surface area contributed by atoms with E-state index in [0.717, 1.165) is 31.6 Å². The number of hydrogen-bond donors (Lipinski definition) is 3. The van der Waals surface area contributed by atoms with Crippen LogP contribution in [0.5, 0.6) is 0 Å². The molecule has 5 rings (SSSR count). The maximum atomic E-state index is 12.7. The molecule has 1 fully saturated rings. The van der Waals surface area contributed by atoms with Gasteiger partial charge >= 0.3 is 0 Å². The Balaban J connectivity index is 1.54. The van der Waals surface area contributed by atoms with E-state index in [4.69, 9.17) is 4.98 Å². The lowest BCUT2D eigenvalue weighted by Crippen LogP contribution is -2.26. The first-order valence-corrected chi connectivity index (χ1v) is 13.7. The highest BCUT2D eigenvalue weighted by molar-refractivity contribution is 7.92. The van der Waals surface area contributed by atoms with E-state index >= 15 is 0 Å². The summed E-state index contributed by atoms with van der Waals surface area (Å²) in [5, 5.41) is 7.26. The third-order valence-electron chi connectivity index (χ3n) is 6.70. The molecule has 1 aromatic carbocycles. The number of piperidine rings is 1. The van der Waals surface area contributed by atoms with Crippen LogP contribution in [0.3, 0.4) is 0 Å². The van der Waals surface area contributed by atoms with E-state index in [-0.39, 0.29) is 10.5 Å². The molecule has 8 nitrogen and oxygen atoms in total. The van der Waals surface area contributed by atoms with Crippen molar-refractivity contribution in [2.75, 3.05) is 18.4 Å². The molecular formula is C27H29N5O3S. The maximum Gasteiger partial charge on any atom is 0.259 e. The molecule has 0 atom stereocenters. The van der Waals surface area contributed by atoms with Crippen molar-refractivity contribution >= 4 is 32.1 Å². The van der Waals surface area contributed by atoms with Crippen LogP contribution in [0.4, 0.5) is 11.5 Å². The van der Waals surface area contributed by atoms with E-state index in [2.05, 4.69) is 32.7 Å². The number of hydrogen-bond acceptors (Lipinski definition) is 7. The number of nitrogens with one attached hydrogen (secondary N) is 3. The SMILES string of the molecule is CC(C)S(=O)(=O)c1cncc(-c2cc3cc[nH]c(=O)c3c(Nc3ccc(C4CCNCC4)cc3)n2)c1. The van der Waals surface area contributed by atoms with Gasteiger partial charge in [0.1, 0.15) is 5.82 Å². The van der Waals surface area contributed by atoms with Crippen LogP contribution in [-0.2, 0) is 9.84 Å². The summed E-state index contributed by atoms with van der Waals surface area (Å²) in [6, 6.07) is 13.4. The van der Waals surface area contributed by atoms with Crippen molar-refractivity contribution in [1.82, 2.24) is 20.3 Å². The molecule has 4 aromatic rings. The smallest absolute Gasteiger partial charge is 0.259 e. The molecule has 9 heteroatoms. The molecule has 4 heterocycles. The zero-order chi connectivity index (χ0) is 25.3. The van der Waals surface area contributed by atoms with E-state index in [9.17, 15) is 13.2 Å². The number of pyridine rings is 3. The van der Waals surface area contributed by atoms with E-state index in [1.54, 1.807) is 44.4 Å². The Kier molecular flexibility index (Phi) is 6.59. The topological polar surface area (TPSA) is 117 Å². The van der Waals surface area contributed by atoms with Crippen molar-refractivity contribution in [2.24, 2.45) is 0 Å². The minimum absolute atomic E-state index is 0.144. The van der Waals surface area contributed by atoms with Crippen LogP contribution >= 0.6 is 0 Å².